The van der Waals surface area contributed by atoms with E-state index in [9.17, 15) is 10.1 Å². The molecule has 1 unspecified atom stereocenters. The van der Waals surface area contributed by atoms with Crippen LogP contribution in [0.4, 0.5) is 0 Å². The summed E-state index contributed by atoms with van der Waals surface area (Å²) in [4.78, 5) is 12.6. The summed E-state index contributed by atoms with van der Waals surface area (Å²) in [5, 5.41) is 12.7. The number of amides is 1. The maximum Gasteiger partial charge on any atom is 0.240 e. The molecule has 2 fully saturated rings. The number of nitriles is 1. The summed E-state index contributed by atoms with van der Waals surface area (Å²) in [6.07, 6.45) is 8.21. The van der Waals surface area contributed by atoms with Gasteiger partial charge in [-0.3, -0.25) is 4.79 Å². The normalized spacial score (nSPS) is 27.6. The van der Waals surface area contributed by atoms with Gasteiger partial charge in [0.05, 0.1) is 11.7 Å². The van der Waals surface area contributed by atoms with Crippen LogP contribution in [0.25, 0.3) is 0 Å². The summed E-state index contributed by atoms with van der Waals surface area (Å²) in [5.74, 6) is -0.0438. The van der Waals surface area contributed by atoms with Crippen LogP contribution in [0.15, 0.2) is 0 Å². The van der Waals surface area contributed by atoms with Crippen LogP contribution in [0.3, 0.4) is 0 Å². The van der Waals surface area contributed by atoms with Crippen molar-refractivity contribution in [2.24, 2.45) is 5.41 Å². The van der Waals surface area contributed by atoms with E-state index in [4.69, 9.17) is 4.74 Å². The van der Waals surface area contributed by atoms with Crippen molar-refractivity contribution >= 4 is 5.91 Å². The predicted molar refractivity (Wildman–Crippen MR) is 81.6 cm³/mol. The van der Waals surface area contributed by atoms with Gasteiger partial charge in [0.1, 0.15) is 5.41 Å². The lowest BCUT2D eigenvalue weighted by Crippen LogP contribution is -2.52. The first-order chi connectivity index (χ1) is 10.1. The Morgan fingerprint density at radius 3 is 2.52 bits per heavy atom. The van der Waals surface area contributed by atoms with Gasteiger partial charge in [-0.2, -0.15) is 5.26 Å². The molecule has 1 atom stereocenters. The van der Waals surface area contributed by atoms with Crippen molar-refractivity contribution in [1.29, 1.82) is 5.26 Å². The number of hydrogen-bond donors (Lipinski definition) is 1. The fraction of sp³-hybridized carbons (Fsp3) is 0.882. The SMILES string of the molecule is CCC1(CC)CC(NC(=O)C2(C#N)CCCCC2)CCO1. The highest BCUT2D eigenvalue weighted by Crippen LogP contribution is 2.37. The molecular formula is C17H28N2O2. The lowest BCUT2D eigenvalue weighted by atomic mass is 9.74. The maximum atomic E-state index is 12.6. The standard InChI is InChI=1S/C17H28N2O2/c1-3-17(4-2)12-14(8-11-21-17)19-15(20)16(13-18)9-6-5-7-10-16/h14H,3-12H2,1-2H3,(H,19,20). The molecule has 1 amide bonds. The molecule has 1 saturated heterocycles. The van der Waals surface area contributed by atoms with E-state index >= 15 is 0 Å². The molecule has 118 valence electrons. The zero-order valence-corrected chi connectivity index (χ0v) is 13.4. The minimum atomic E-state index is -0.780. The first-order valence-corrected chi connectivity index (χ1v) is 8.46. The first kappa shape index (κ1) is 16.3. The second-order valence-electron chi connectivity index (χ2n) is 6.66. The van der Waals surface area contributed by atoms with Gasteiger partial charge in [-0.25, -0.2) is 0 Å². The number of carbonyl (C=O) groups is 1. The van der Waals surface area contributed by atoms with Gasteiger partial charge < -0.3 is 10.1 Å². The molecule has 0 aromatic carbocycles. The predicted octanol–water partition coefficient (Wildman–Crippen LogP) is 3.31. The van der Waals surface area contributed by atoms with E-state index in [0.717, 1.165) is 44.9 Å². The third-order valence-corrected chi connectivity index (χ3v) is 5.47. The Labute approximate surface area is 128 Å². The van der Waals surface area contributed by atoms with Gasteiger partial charge in [0.15, 0.2) is 0 Å². The van der Waals surface area contributed by atoms with Crippen molar-refractivity contribution in [2.75, 3.05) is 6.61 Å². The van der Waals surface area contributed by atoms with E-state index < -0.39 is 5.41 Å². The highest BCUT2D eigenvalue weighted by Gasteiger charge is 2.42. The van der Waals surface area contributed by atoms with Crippen molar-refractivity contribution in [3.8, 4) is 6.07 Å². The number of ether oxygens (including phenoxy) is 1. The van der Waals surface area contributed by atoms with Crippen LogP contribution < -0.4 is 5.32 Å². The number of carbonyl (C=O) groups excluding carboxylic acids is 1. The summed E-state index contributed by atoms with van der Waals surface area (Å²) in [6, 6.07) is 2.46. The Hall–Kier alpha value is -1.08. The van der Waals surface area contributed by atoms with Crippen LogP contribution in [0.2, 0.25) is 0 Å². The molecule has 1 saturated carbocycles. The molecular weight excluding hydrogens is 264 g/mol. The van der Waals surface area contributed by atoms with Crippen molar-refractivity contribution in [3.63, 3.8) is 0 Å². The van der Waals surface area contributed by atoms with E-state index in [1.54, 1.807) is 0 Å². The van der Waals surface area contributed by atoms with E-state index in [0.29, 0.717) is 19.4 Å². The van der Waals surface area contributed by atoms with Gasteiger partial charge in [-0.05, 0) is 38.5 Å². The number of nitrogens with one attached hydrogen (secondary N) is 1. The van der Waals surface area contributed by atoms with Gasteiger partial charge >= 0.3 is 0 Å². The Bertz CT molecular complexity index is 404. The number of rotatable bonds is 4. The molecule has 1 aliphatic heterocycles. The summed E-state index contributed by atoms with van der Waals surface area (Å²) in [6.45, 7) is 4.99. The van der Waals surface area contributed by atoms with E-state index in [2.05, 4.69) is 25.2 Å². The second-order valence-corrected chi connectivity index (χ2v) is 6.66. The highest BCUT2D eigenvalue weighted by molar-refractivity contribution is 5.85. The molecule has 0 radical (unpaired) electrons. The van der Waals surface area contributed by atoms with E-state index in [1.165, 1.54) is 0 Å². The smallest absolute Gasteiger partial charge is 0.240 e. The molecule has 2 aliphatic rings. The molecule has 1 N–H and O–H groups in total. The molecule has 1 aliphatic carbocycles. The van der Waals surface area contributed by atoms with Gasteiger partial charge in [-0.1, -0.05) is 33.1 Å². The van der Waals surface area contributed by atoms with Crippen molar-refractivity contribution in [2.45, 2.75) is 83.3 Å². The number of hydrogen-bond acceptors (Lipinski definition) is 3. The van der Waals surface area contributed by atoms with Crippen molar-refractivity contribution in [3.05, 3.63) is 0 Å². The molecule has 2 rings (SSSR count). The minimum Gasteiger partial charge on any atom is -0.375 e. The maximum absolute atomic E-state index is 12.6. The Kier molecular flexibility index (Phi) is 5.27. The molecule has 0 aromatic rings. The van der Waals surface area contributed by atoms with Gasteiger partial charge in [0, 0.05) is 12.6 Å². The Morgan fingerprint density at radius 1 is 1.29 bits per heavy atom. The zero-order valence-electron chi connectivity index (χ0n) is 13.4. The van der Waals surface area contributed by atoms with Crippen LogP contribution in [0.5, 0.6) is 0 Å². The first-order valence-electron chi connectivity index (χ1n) is 8.46. The quantitative estimate of drug-likeness (QED) is 0.864. The molecule has 0 spiro atoms. The van der Waals surface area contributed by atoms with Crippen LogP contribution in [0, 0.1) is 16.7 Å². The summed E-state index contributed by atoms with van der Waals surface area (Å²) in [5.41, 5.74) is -0.875. The highest BCUT2D eigenvalue weighted by atomic mass is 16.5. The summed E-state index contributed by atoms with van der Waals surface area (Å²) >= 11 is 0. The second kappa shape index (κ2) is 6.79. The molecule has 0 aromatic heterocycles. The van der Waals surface area contributed by atoms with Crippen molar-refractivity contribution in [1.82, 2.24) is 5.32 Å². The molecule has 1 heterocycles. The van der Waals surface area contributed by atoms with Crippen molar-refractivity contribution < 1.29 is 9.53 Å². The lowest BCUT2D eigenvalue weighted by molar-refractivity contribution is -0.134. The van der Waals surface area contributed by atoms with Gasteiger partial charge in [0.2, 0.25) is 5.91 Å². The van der Waals surface area contributed by atoms with Gasteiger partial charge in [-0.15, -0.1) is 0 Å². The largest absolute Gasteiger partial charge is 0.375 e. The fourth-order valence-corrected chi connectivity index (χ4v) is 3.76. The average molecular weight is 292 g/mol. The van der Waals surface area contributed by atoms with Crippen LogP contribution in [-0.4, -0.2) is 24.2 Å². The number of nitrogens with zero attached hydrogens (tertiary/aromatic N) is 1. The van der Waals surface area contributed by atoms with Gasteiger partial charge in [0.25, 0.3) is 0 Å². The lowest BCUT2D eigenvalue weighted by Gasteiger charge is -2.41. The Morgan fingerprint density at radius 2 is 1.95 bits per heavy atom. The average Bonchev–Trinajstić information content (AvgIpc) is 2.55. The van der Waals surface area contributed by atoms with Crippen LogP contribution in [-0.2, 0) is 9.53 Å². The molecule has 0 bridgehead atoms. The minimum absolute atomic E-state index is 0.0438. The third kappa shape index (κ3) is 3.40. The summed E-state index contributed by atoms with van der Waals surface area (Å²) in [7, 11) is 0. The van der Waals surface area contributed by atoms with Crippen LogP contribution >= 0.6 is 0 Å². The topological polar surface area (TPSA) is 62.1 Å². The fourth-order valence-electron chi connectivity index (χ4n) is 3.76. The molecule has 4 nitrogen and oxygen atoms in total. The van der Waals surface area contributed by atoms with Crippen LogP contribution in [0.1, 0.15) is 71.6 Å². The van der Waals surface area contributed by atoms with E-state index in [-0.39, 0.29) is 17.6 Å². The summed E-state index contributed by atoms with van der Waals surface area (Å²) < 4.78 is 5.96. The third-order valence-electron chi connectivity index (χ3n) is 5.47. The van der Waals surface area contributed by atoms with E-state index in [1.807, 2.05) is 0 Å². The molecule has 21 heavy (non-hydrogen) atoms. The monoisotopic (exact) mass is 292 g/mol. The zero-order chi connectivity index (χ0) is 15.3. The molecule has 4 heteroatoms. The Balaban J connectivity index is 2.00.